The van der Waals surface area contributed by atoms with Gasteiger partial charge in [0.1, 0.15) is 0 Å². The van der Waals surface area contributed by atoms with Crippen LogP contribution in [0.3, 0.4) is 0 Å². The van der Waals surface area contributed by atoms with Crippen molar-refractivity contribution in [2.45, 2.75) is 56.4 Å². The number of urea groups is 1. The summed E-state index contributed by atoms with van der Waals surface area (Å²) in [6.07, 6.45) is 6.31. The van der Waals surface area contributed by atoms with Crippen LogP contribution < -0.4 is 14.5 Å². The van der Waals surface area contributed by atoms with Crippen LogP contribution in [0.2, 0.25) is 0 Å². The molecule has 0 aromatic heterocycles. The van der Waals surface area contributed by atoms with Gasteiger partial charge in [-0.15, -0.1) is 0 Å². The van der Waals surface area contributed by atoms with Crippen molar-refractivity contribution in [2.24, 2.45) is 0 Å². The Hall–Kier alpha value is -2.54. The fraction of sp³-hybridized carbons (Fsp3) is 0.435. The first kappa shape index (κ1) is 20.7. The minimum atomic E-state index is -3.67. The monoisotopic (exact) mass is 427 g/mol. The SMILES string of the molecule is CCN(c1ccccc1)S(=O)(=O)c1ccc2c(c1)CCN2C(=O)NC1CCCCC1. The van der Waals surface area contributed by atoms with Crippen LogP contribution in [0.15, 0.2) is 53.4 Å². The van der Waals surface area contributed by atoms with Crippen molar-refractivity contribution in [1.29, 1.82) is 0 Å². The van der Waals surface area contributed by atoms with Gasteiger partial charge in [-0.1, -0.05) is 37.5 Å². The molecule has 2 amide bonds. The quantitative estimate of drug-likeness (QED) is 0.773. The maximum Gasteiger partial charge on any atom is 0.322 e. The Morgan fingerprint density at radius 2 is 1.83 bits per heavy atom. The molecule has 1 aliphatic carbocycles. The average molecular weight is 428 g/mol. The molecule has 6 nitrogen and oxygen atoms in total. The highest BCUT2D eigenvalue weighted by molar-refractivity contribution is 7.92. The summed E-state index contributed by atoms with van der Waals surface area (Å²) in [7, 11) is -3.67. The normalized spacial score (nSPS) is 16.9. The summed E-state index contributed by atoms with van der Waals surface area (Å²) < 4.78 is 28.0. The van der Waals surface area contributed by atoms with E-state index in [2.05, 4.69) is 5.32 Å². The van der Waals surface area contributed by atoms with Gasteiger partial charge in [0.15, 0.2) is 0 Å². The molecule has 0 saturated heterocycles. The summed E-state index contributed by atoms with van der Waals surface area (Å²) in [6.45, 7) is 2.75. The van der Waals surface area contributed by atoms with Gasteiger partial charge in [-0.05, 0) is 62.1 Å². The Labute approximate surface area is 178 Å². The van der Waals surface area contributed by atoms with Crippen molar-refractivity contribution >= 4 is 27.4 Å². The lowest BCUT2D eigenvalue weighted by Gasteiger charge is -2.26. The highest BCUT2D eigenvalue weighted by Gasteiger charge is 2.30. The van der Waals surface area contributed by atoms with Crippen LogP contribution in [0.4, 0.5) is 16.2 Å². The summed E-state index contributed by atoms with van der Waals surface area (Å²) in [5, 5.41) is 3.16. The molecular formula is C23H29N3O3S. The van der Waals surface area contributed by atoms with E-state index in [4.69, 9.17) is 0 Å². The zero-order valence-electron chi connectivity index (χ0n) is 17.4. The van der Waals surface area contributed by atoms with E-state index in [1.165, 1.54) is 10.7 Å². The molecule has 7 heteroatoms. The second kappa shape index (κ2) is 8.68. The molecule has 1 fully saturated rings. The van der Waals surface area contributed by atoms with Gasteiger partial charge >= 0.3 is 6.03 Å². The largest absolute Gasteiger partial charge is 0.335 e. The van der Waals surface area contributed by atoms with Gasteiger partial charge in [0, 0.05) is 24.8 Å². The first-order valence-electron chi connectivity index (χ1n) is 10.8. The molecule has 0 bridgehead atoms. The average Bonchev–Trinajstić information content (AvgIpc) is 3.19. The molecular weight excluding hydrogens is 398 g/mol. The summed E-state index contributed by atoms with van der Waals surface area (Å²) in [4.78, 5) is 14.8. The Balaban J connectivity index is 1.55. The number of para-hydroxylation sites is 1. The number of hydrogen-bond donors (Lipinski definition) is 1. The fourth-order valence-electron chi connectivity index (χ4n) is 4.46. The number of hydrogen-bond acceptors (Lipinski definition) is 3. The standard InChI is InChI=1S/C23H29N3O3S/c1-2-26(20-11-7-4-8-12-20)30(28,29)21-13-14-22-18(17-21)15-16-25(22)23(27)24-19-9-5-3-6-10-19/h4,7-8,11-14,17,19H,2-3,5-6,9-10,15-16H2,1H3,(H,24,27). The predicted octanol–water partition coefficient (Wildman–Crippen LogP) is 4.31. The predicted molar refractivity (Wildman–Crippen MR) is 120 cm³/mol. The van der Waals surface area contributed by atoms with Crippen LogP contribution in [0.25, 0.3) is 0 Å². The number of amides is 2. The van der Waals surface area contributed by atoms with E-state index >= 15 is 0 Å². The Morgan fingerprint density at radius 1 is 1.10 bits per heavy atom. The number of fused-ring (bicyclic) bond motifs is 1. The summed E-state index contributed by atoms with van der Waals surface area (Å²) in [5.74, 6) is 0. The smallest absolute Gasteiger partial charge is 0.322 e. The molecule has 1 aliphatic heterocycles. The molecule has 0 radical (unpaired) electrons. The Kier molecular flexibility index (Phi) is 5.99. The van der Waals surface area contributed by atoms with E-state index in [1.807, 2.05) is 25.1 Å². The van der Waals surface area contributed by atoms with Crippen LogP contribution in [0.5, 0.6) is 0 Å². The van der Waals surface area contributed by atoms with Gasteiger partial charge in [-0.3, -0.25) is 9.21 Å². The number of rotatable bonds is 5. The van der Waals surface area contributed by atoms with Crippen molar-refractivity contribution < 1.29 is 13.2 Å². The van der Waals surface area contributed by atoms with Gasteiger partial charge in [0.2, 0.25) is 0 Å². The Morgan fingerprint density at radius 3 is 2.53 bits per heavy atom. The topological polar surface area (TPSA) is 69.7 Å². The lowest BCUT2D eigenvalue weighted by molar-refractivity contribution is 0.238. The lowest BCUT2D eigenvalue weighted by Crippen LogP contribution is -2.45. The van der Waals surface area contributed by atoms with E-state index in [0.717, 1.165) is 36.9 Å². The number of anilines is 2. The molecule has 2 aliphatic rings. The molecule has 2 aromatic carbocycles. The first-order valence-corrected chi connectivity index (χ1v) is 12.2. The molecule has 30 heavy (non-hydrogen) atoms. The zero-order chi connectivity index (χ0) is 21.1. The molecule has 1 saturated carbocycles. The second-order valence-corrected chi connectivity index (χ2v) is 9.84. The van der Waals surface area contributed by atoms with E-state index in [-0.39, 0.29) is 17.0 Å². The second-order valence-electron chi connectivity index (χ2n) is 7.98. The fourth-order valence-corrected chi connectivity index (χ4v) is 5.99. The van der Waals surface area contributed by atoms with Gasteiger partial charge in [-0.25, -0.2) is 13.2 Å². The minimum absolute atomic E-state index is 0.0734. The van der Waals surface area contributed by atoms with E-state index in [0.29, 0.717) is 25.2 Å². The molecule has 160 valence electrons. The number of carbonyl (C=O) groups is 1. The number of nitrogens with zero attached hydrogens (tertiary/aromatic N) is 2. The van der Waals surface area contributed by atoms with Crippen molar-refractivity contribution in [3.63, 3.8) is 0 Å². The molecule has 2 aromatic rings. The van der Waals surface area contributed by atoms with Crippen molar-refractivity contribution in [3.8, 4) is 0 Å². The van der Waals surface area contributed by atoms with Crippen molar-refractivity contribution in [3.05, 3.63) is 54.1 Å². The highest BCUT2D eigenvalue weighted by Crippen LogP contribution is 2.32. The van der Waals surface area contributed by atoms with Crippen LogP contribution in [0.1, 0.15) is 44.6 Å². The van der Waals surface area contributed by atoms with Crippen LogP contribution in [-0.2, 0) is 16.4 Å². The van der Waals surface area contributed by atoms with Crippen LogP contribution in [0, 0.1) is 0 Å². The van der Waals surface area contributed by atoms with Gasteiger partial charge < -0.3 is 5.32 Å². The van der Waals surface area contributed by atoms with Crippen molar-refractivity contribution in [1.82, 2.24) is 5.32 Å². The van der Waals surface area contributed by atoms with Gasteiger partial charge in [0.05, 0.1) is 10.6 Å². The van der Waals surface area contributed by atoms with Gasteiger partial charge in [0.25, 0.3) is 10.0 Å². The third-order valence-electron chi connectivity index (χ3n) is 6.04. The van der Waals surface area contributed by atoms with Gasteiger partial charge in [-0.2, -0.15) is 0 Å². The number of sulfonamides is 1. The molecule has 0 unspecified atom stereocenters. The van der Waals surface area contributed by atoms with E-state index < -0.39 is 10.0 Å². The highest BCUT2D eigenvalue weighted by atomic mass is 32.2. The van der Waals surface area contributed by atoms with Crippen LogP contribution >= 0.6 is 0 Å². The molecule has 0 atom stereocenters. The molecule has 1 N–H and O–H groups in total. The maximum atomic E-state index is 13.3. The first-order chi connectivity index (χ1) is 14.5. The summed E-state index contributed by atoms with van der Waals surface area (Å²) in [6, 6.07) is 14.4. The zero-order valence-corrected chi connectivity index (χ0v) is 18.2. The minimum Gasteiger partial charge on any atom is -0.335 e. The number of carbonyl (C=O) groups excluding carboxylic acids is 1. The maximum absolute atomic E-state index is 13.3. The summed E-state index contributed by atoms with van der Waals surface area (Å²) in [5.41, 5.74) is 2.36. The van der Waals surface area contributed by atoms with Crippen molar-refractivity contribution in [2.75, 3.05) is 22.3 Å². The van der Waals surface area contributed by atoms with Crippen LogP contribution in [-0.4, -0.2) is 33.6 Å². The van der Waals surface area contributed by atoms with E-state index in [1.54, 1.807) is 35.2 Å². The third-order valence-corrected chi connectivity index (χ3v) is 7.94. The molecule has 1 heterocycles. The molecule has 0 spiro atoms. The summed E-state index contributed by atoms with van der Waals surface area (Å²) >= 11 is 0. The Bertz CT molecular complexity index is 1000. The van der Waals surface area contributed by atoms with E-state index in [9.17, 15) is 13.2 Å². The number of benzene rings is 2. The number of nitrogens with one attached hydrogen (secondary N) is 1. The third kappa shape index (κ3) is 4.03. The lowest BCUT2D eigenvalue weighted by atomic mass is 9.96. The molecule has 4 rings (SSSR count).